The predicted octanol–water partition coefficient (Wildman–Crippen LogP) is 3.01. The first-order chi connectivity index (χ1) is 13.2. The number of rotatable bonds is 7. The summed E-state index contributed by atoms with van der Waals surface area (Å²) in [5, 5.41) is 8.71. The lowest BCUT2D eigenvalue weighted by atomic mass is 10.3. The van der Waals surface area contributed by atoms with Gasteiger partial charge in [0.15, 0.2) is 5.82 Å². The highest BCUT2D eigenvalue weighted by molar-refractivity contribution is 5.34. The third-order valence-electron chi connectivity index (χ3n) is 4.10. The number of pyridine rings is 2. The van der Waals surface area contributed by atoms with Crippen molar-refractivity contribution in [2.45, 2.75) is 18.8 Å². The highest BCUT2D eigenvalue weighted by atomic mass is 19.1. The molecule has 0 bridgehead atoms. The maximum Gasteiger partial charge on any atom is 0.250 e. The summed E-state index contributed by atoms with van der Waals surface area (Å²) in [5.41, 5.74) is 0.144. The number of aromatic nitrogens is 4. The molecule has 0 aromatic carbocycles. The third-order valence-corrected chi connectivity index (χ3v) is 4.10. The maximum atomic E-state index is 13.7. The van der Waals surface area contributed by atoms with Gasteiger partial charge >= 0.3 is 0 Å². The summed E-state index contributed by atoms with van der Waals surface area (Å²) in [5.74, 6) is 2.08. The fourth-order valence-electron chi connectivity index (χ4n) is 2.66. The van der Waals surface area contributed by atoms with Gasteiger partial charge in [-0.3, -0.25) is 4.57 Å². The van der Waals surface area contributed by atoms with Crippen LogP contribution in [0.1, 0.15) is 30.1 Å². The lowest BCUT2D eigenvalue weighted by Crippen LogP contribution is -2.11. The largest absolute Gasteiger partial charge is 0.490 e. The van der Waals surface area contributed by atoms with Crippen LogP contribution in [-0.4, -0.2) is 32.7 Å². The molecule has 7 nitrogen and oxygen atoms in total. The lowest BCUT2D eigenvalue weighted by Gasteiger charge is -2.10. The molecule has 0 amide bonds. The smallest absolute Gasteiger partial charge is 0.250 e. The van der Waals surface area contributed by atoms with Gasteiger partial charge in [-0.15, -0.1) is 0 Å². The van der Waals surface area contributed by atoms with E-state index in [1.54, 1.807) is 18.5 Å². The van der Waals surface area contributed by atoms with Crippen LogP contribution < -0.4 is 9.47 Å². The van der Waals surface area contributed by atoms with E-state index in [0.717, 1.165) is 30.6 Å². The number of ether oxygens (including phenoxy) is 2. The molecule has 136 valence electrons. The van der Waals surface area contributed by atoms with Crippen molar-refractivity contribution < 1.29 is 13.9 Å². The monoisotopic (exact) mass is 365 g/mol. The molecule has 0 unspecified atom stereocenters. The molecule has 0 N–H and O–H groups in total. The van der Waals surface area contributed by atoms with Gasteiger partial charge in [0.05, 0.1) is 5.56 Å². The van der Waals surface area contributed by atoms with E-state index in [0.29, 0.717) is 11.7 Å². The van der Waals surface area contributed by atoms with Crippen LogP contribution in [0.2, 0.25) is 0 Å². The maximum absolute atomic E-state index is 13.7. The molecule has 3 aromatic heterocycles. The number of hydrogen-bond donors (Lipinski definition) is 0. The number of imidazole rings is 1. The van der Waals surface area contributed by atoms with Gasteiger partial charge in [0.2, 0.25) is 0 Å². The van der Waals surface area contributed by atoms with Crippen molar-refractivity contribution in [1.29, 1.82) is 5.26 Å². The van der Waals surface area contributed by atoms with Crippen LogP contribution in [0.3, 0.4) is 0 Å². The molecule has 1 fully saturated rings. The van der Waals surface area contributed by atoms with Gasteiger partial charge in [0.25, 0.3) is 5.88 Å². The standard InChI is InChI=1S/C19H16FN5O2/c20-16-9-13(11-21)12-24-19(16)27-8-7-26-15-3-4-22-17(10-15)25-6-5-23-18(25)14-1-2-14/h3-6,9-10,12,14H,1-2,7-8H2. The van der Waals surface area contributed by atoms with Crippen LogP contribution in [0.25, 0.3) is 5.82 Å². The minimum atomic E-state index is -0.673. The zero-order chi connectivity index (χ0) is 18.6. The summed E-state index contributed by atoms with van der Waals surface area (Å²) < 4.78 is 26.6. The van der Waals surface area contributed by atoms with Gasteiger partial charge in [-0.1, -0.05) is 0 Å². The summed E-state index contributed by atoms with van der Waals surface area (Å²) in [6.07, 6.45) is 8.91. The van der Waals surface area contributed by atoms with Crippen LogP contribution in [0.4, 0.5) is 4.39 Å². The first-order valence-corrected chi connectivity index (χ1v) is 8.55. The summed E-state index contributed by atoms with van der Waals surface area (Å²) in [4.78, 5) is 12.6. The zero-order valence-corrected chi connectivity index (χ0v) is 14.4. The van der Waals surface area contributed by atoms with Gasteiger partial charge in [0.1, 0.15) is 36.7 Å². The van der Waals surface area contributed by atoms with E-state index in [4.69, 9.17) is 14.7 Å². The molecule has 8 heteroatoms. The second-order valence-electron chi connectivity index (χ2n) is 6.10. The van der Waals surface area contributed by atoms with Gasteiger partial charge < -0.3 is 9.47 Å². The van der Waals surface area contributed by atoms with E-state index in [9.17, 15) is 4.39 Å². The average molecular weight is 365 g/mol. The Kier molecular flexibility index (Phi) is 4.66. The number of halogens is 1. The molecule has 0 aliphatic heterocycles. The number of nitriles is 1. The Morgan fingerprint density at radius 1 is 1.15 bits per heavy atom. The SMILES string of the molecule is N#Cc1cnc(OCCOc2ccnc(-n3ccnc3C3CC3)c2)c(F)c1. The first-order valence-electron chi connectivity index (χ1n) is 8.55. The molecule has 1 aliphatic carbocycles. The quantitative estimate of drug-likeness (QED) is 0.598. The Labute approximate surface area is 155 Å². The molecule has 27 heavy (non-hydrogen) atoms. The normalized spacial score (nSPS) is 13.2. The Morgan fingerprint density at radius 2 is 2.00 bits per heavy atom. The van der Waals surface area contributed by atoms with Crippen LogP contribution in [0, 0.1) is 17.1 Å². The molecule has 0 radical (unpaired) electrons. The van der Waals surface area contributed by atoms with E-state index in [-0.39, 0.29) is 24.7 Å². The van der Waals surface area contributed by atoms with Gasteiger partial charge in [-0.2, -0.15) is 5.26 Å². The molecule has 4 rings (SSSR count). The summed E-state index contributed by atoms with van der Waals surface area (Å²) in [6, 6.07) is 6.48. The van der Waals surface area contributed by atoms with Crippen molar-refractivity contribution in [3.05, 3.63) is 60.2 Å². The summed E-state index contributed by atoms with van der Waals surface area (Å²) in [6.45, 7) is 0.329. The molecule has 3 heterocycles. The highest BCUT2D eigenvalue weighted by Crippen LogP contribution is 2.39. The average Bonchev–Trinajstić information content (AvgIpc) is 3.42. The highest BCUT2D eigenvalue weighted by Gasteiger charge is 2.28. The van der Waals surface area contributed by atoms with E-state index < -0.39 is 5.82 Å². The van der Waals surface area contributed by atoms with E-state index in [1.165, 1.54) is 6.20 Å². The fraction of sp³-hybridized carbons (Fsp3) is 0.263. The van der Waals surface area contributed by atoms with Crippen LogP contribution in [-0.2, 0) is 0 Å². The van der Waals surface area contributed by atoms with Crippen LogP contribution >= 0.6 is 0 Å². The molecule has 3 aromatic rings. The van der Waals surface area contributed by atoms with E-state index >= 15 is 0 Å². The fourth-order valence-corrected chi connectivity index (χ4v) is 2.66. The Bertz CT molecular complexity index is 994. The number of nitrogens with zero attached hydrogens (tertiary/aromatic N) is 5. The first kappa shape index (κ1) is 17.0. The molecule has 1 saturated carbocycles. The van der Waals surface area contributed by atoms with Crippen molar-refractivity contribution in [3.63, 3.8) is 0 Å². The predicted molar refractivity (Wildman–Crippen MR) is 93.2 cm³/mol. The van der Waals surface area contributed by atoms with Gasteiger partial charge in [0, 0.05) is 36.8 Å². The van der Waals surface area contributed by atoms with Crippen molar-refractivity contribution in [2.24, 2.45) is 0 Å². The Hall–Kier alpha value is -3.47. The second kappa shape index (κ2) is 7.41. The van der Waals surface area contributed by atoms with Crippen LogP contribution in [0.5, 0.6) is 11.6 Å². The minimum Gasteiger partial charge on any atom is -0.490 e. The molecular weight excluding hydrogens is 349 g/mol. The van der Waals surface area contributed by atoms with E-state index in [2.05, 4.69) is 15.0 Å². The molecule has 1 aliphatic rings. The summed E-state index contributed by atoms with van der Waals surface area (Å²) >= 11 is 0. The van der Waals surface area contributed by atoms with Crippen molar-refractivity contribution >= 4 is 0 Å². The minimum absolute atomic E-state index is 0.117. The number of hydrogen-bond acceptors (Lipinski definition) is 6. The molecule has 0 saturated heterocycles. The van der Waals surface area contributed by atoms with Crippen LogP contribution in [0.15, 0.2) is 43.0 Å². The molecule has 0 spiro atoms. The van der Waals surface area contributed by atoms with Gasteiger partial charge in [-0.25, -0.2) is 19.3 Å². The van der Waals surface area contributed by atoms with Gasteiger partial charge in [-0.05, 0) is 25.0 Å². The lowest BCUT2D eigenvalue weighted by molar-refractivity contribution is 0.205. The second-order valence-corrected chi connectivity index (χ2v) is 6.10. The molecular formula is C19H16FN5O2. The zero-order valence-electron chi connectivity index (χ0n) is 14.4. The van der Waals surface area contributed by atoms with Crippen molar-refractivity contribution in [1.82, 2.24) is 19.5 Å². The third kappa shape index (κ3) is 3.87. The van der Waals surface area contributed by atoms with Crippen molar-refractivity contribution in [3.8, 4) is 23.5 Å². The van der Waals surface area contributed by atoms with E-state index in [1.807, 2.05) is 22.9 Å². The Balaban J connectivity index is 1.35. The summed E-state index contributed by atoms with van der Waals surface area (Å²) in [7, 11) is 0. The van der Waals surface area contributed by atoms with Crippen molar-refractivity contribution in [2.75, 3.05) is 13.2 Å². The Morgan fingerprint density at radius 3 is 2.78 bits per heavy atom. The molecule has 0 atom stereocenters. The topological polar surface area (TPSA) is 85.9 Å².